The number of piperidine rings is 1. The molecule has 3 heterocycles. The number of carbonyl (C=O) groups is 1. The Kier molecular flexibility index (Phi) is 5.56. The molecule has 0 atom stereocenters. The van der Waals surface area contributed by atoms with Crippen LogP contribution in [0.2, 0.25) is 0 Å². The molecular formula is C24H25N3O2. The number of pyridine rings is 2. The number of hydrogen-bond donors (Lipinski definition) is 0. The molecule has 0 bridgehead atoms. The van der Waals surface area contributed by atoms with Crippen LogP contribution in [0.1, 0.15) is 40.6 Å². The number of methoxy groups -OCH3 is 1. The van der Waals surface area contributed by atoms with Gasteiger partial charge in [-0.15, -0.1) is 0 Å². The minimum Gasteiger partial charge on any atom is -0.497 e. The minimum absolute atomic E-state index is 0.0140. The topological polar surface area (TPSA) is 55.3 Å². The number of hydrogen-bond acceptors (Lipinski definition) is 4. The molecule has 4 rings (SSSR count). The van der Waals surface area contributed by atoms with Gasteiger partial charge in [0.25, 0.3) is 5.91 Å². The summed E-state index contributed by atoms with van der Waals surface area (Å²) in [6, 6.07) is 17.9. The second-order valence-corrected chi connectivity index (χ2v) is 7.43. The predicted octanol–water partition coefficient (Wildman–Crippen LogP) is 4.48. The summed E-state index contributed by atoms with van der Waals surface area (Å²) in [6.45, 7) is 3.50. The molecule has 1 aliphatic rings. The summed E-state index contributed by atoms with van der Waals surface area (Å²) in [6.07, 6.45) is 3.49. The van der Waals surface area contributed by atoms with E-state index in [9.17, 15) is 4.79 Å². The number of ether oxygens (including phenoxy) is 1. The lowest BCUT2D eigenvalue weighted by Gasteiger charge is -2.31. The summed E-state index contributed by atoms with van der Waals surface area (Å²) in [5.41, 5.74) is 4.96. The van der Waals surface area contributed by atoms with Crippen molar-refractivity contribution < 1.29 is 9.53 Å². The van der Waals surface area contributed by atoms with Gasteiger partial charge < -0.3 is 9.64 Å². The van der Waals surface area contributed by atoms with Crippen molar-refractivity contribution in [1.82, 2.24) is 14.9 Å². The smallest absolute Gasteiger partial charge is 0.272 e. The maximum Gasteiger partial charge on any atom is 0.272 e. The lowest BCUT2D eigenvalue weighted by molar-refractivity contribution is 0.0706. The summed E-state index contributed by atoms with van der Waals surface area (Å²) in [4.78, 5) is 23.5. The van der Waals surface area contributed by atoms with Crippen LogP contribution in [0.4, 0.5) is 0 Å². The lowest BCUT2D eigenvalue weighted by atomic mass is 9.91. The summed E-state index contributed by atoms with van der Waals surface area (Å²) in [5, 5.41) is 0. The van der Waals surface area contributed by atoms with E-state index in [1.165, 1.54) is 5.56 Å². The van der Waals surface area contributed by atoms with Gasteiger partial charge in [0, 0.05) is 36.6 Å². The van der Waals surface area contributed by atoms with Crippen molar-refractivity contribution in [2.24, 2.45) is 0 Å². The molecular weight excluding hydrogens is 362 g/mol. The van der Waals surface area contributed by atoms with Gasteiger partial charge in [-0.25, -0.2) is 0 Å². The Morgan fingerprint density at radius 2 is 1.79 bits per heavy atom. The van der Waals surface area contributed by atoms with Gasteiger partial charge >= 0.3 is 0 Å². The normalized spacial score (nSPS) is 14.6. The summed E-state index contributed by atoms with van der Waals surface area (Å²) >= 11 is 0. The largest absolute Gasteiger partial charge is 0.497 e. The third-order valence-electron chi connectivity index (χ3n) is 5.48. The first-order valence-corrected chi connectivity index (χ1v) is 9.97. The zero-order chi connectivity index (χ0) is 20.2. The molecule has 0 spiro atoms. The van der Waals surface area contributed by atoms with Crippen molar-refractivity contribution in [2.75, 3.05) is 20.2 Å². The predicted molar refractivity (Wildman–Crippen MR) is 113 cm³/mol. The first-order valence-electron chi connectivity index (χ1n) is 9.97. The molecule has 1 aromatic carbocycles. The Morgan fingerprint density at radius 3 is 2.45 bits per heavy atom. The van der Waals surface area contributed by atoms with Gasteiger partial charge in [-0.2, -0.15) is 0 Å². The van der Waals surface area contributed by atoms with Crippen molar-refractivity contribution in [3.05, 3.63) is 77.9 Å². The molecule has 1 fully saturated rings. The van der Waals surface area contributed by atoms with E-state index in [-0.39, 0.29) is 5.91 Å². The highest BCUT2D eigenvalue weighted by Gasteiger charge is 2.26. The van der Waals surface area contributed by atoms with Crippen LogP contribution >= 0.6 is 0 Å². The van der Waals surface area contributed by atoms with Crippen molar-refractivity contribution in [3.63, 3.8) is 0 Å². The van der Waals surface area contributed by atoms with E-state index in [0.29, 0.717) is 11.6 Å². The van der Waals surface area contributed by atoms with Crippen LogP contribution in [-0.4, -0.2) is 41.0 Å². The number of aryl methyl sites for hydroxylation is 1. The van der Waals surface area contributed by atoms with E-state index in [1.54, 1.807) is 19.4 Å². The molecule has 1 saturated heterocycles. The average Bonchev–Trinajstić information content (AvgIpc) is 2.79. The van der Waals surface area contributed by atoms with Crippen LogP contribution in [0, 0.1) is 6.92 Å². The van der Waals surface area contributed by atoms with Gasteiger partial charge in [0.15, 0.2) is 0 Å². The van der Waals surface area contributed by atoms with E-state index in [1.807, 2.05) is 36.1 Å². The van der Waals surface area contributed by atoms with Gasteiger partial charge in [0.2, 0.25) is 0 Å². The molecule has 3 aromatic rings. The fourth-order valence-corrected chi connectivity index (χ4v) is 3.88. The molecule has 29 heavy (non-hydrogen) atoms. The molecule has 0 radical (unpaired) electrons. The van der Waals surface area contributed by atoms with Crippen molar-refractivity contribution in [1.29, 1.82) is 0 Å². The Morgan fingerprint density at radius 1 is 1.03 bits per heavy atom. The minimum atomic E-state index is 0.0140. The Bertz CT molecular complexity index is 979. The van der Waals surface area contributed by atoms with Gasteiger partial charge in [-0.3, -0.25) is 14.8 Å². The van der Waals surface area contributed by atoms with Crippen LogP contribution in [-0.2, 0) is 0 Å². The fourth-order valence-electron chi connectivity index (χ4n) is 3.88. The van der Waals surface area contributed by atoms with E-state index in [0.717, 1.165) is 48.6 Å². The molecule has 0 saturated carbocycles. The van der Waals surface area contributed by atoms with Gasteiger partial charge in [-0.05, 0) is 67.3 Å². The zero-order valence-corrected chi connectivity index (χ0v) is 16.8. The van der Waals surface area contributed by atoms with Crippen LogP contribution in [0.15, 0.2) is 60.8 Å². The fraction of sp³-hybridized carbons (Fsp3) is 0.292. The van der Waals surface area contributed by atoms with Crippen LogP contribution in [0.25, 0.3) is 11.1 Å². The number of carbonyl (C=O) groups excluding carboxylic acids is 1. The number of benzene rings is 1. The maximum absolute atomic E-state index is 12.6. The molecule has 0 N–H and O–H groups in total. The number of amides is 1. The van der Waals surface area contributed by atoms with Crippen LogP contribution in [0.5, 0.6) is 5.75 Å². The van der Waals surface area contributed by atoms with E-state index in [4.69, 9.17) is 9.72 Å². The van der Waals surface area contributed by atoms with Crippen LogP contribution in [0.3, 0.4) is 0 Å². The van der Waals surface area contributed by atoms with E-state index in [2.05, 4.69) is 29.2 Å². The zero-order valence-electron chi connectivity index (χ0n) is 16.8. The van der Waals surface area contributed by atoms with Gasteiger partial charge in [-0.1, -0.05) is 18.2 Å². The Hall–Kier alpha value is -3.21. The summed E-state index contributed by atoms with van der Waals surface area (Å²) in [5.74, 6) is 1.23. The Balaban J connectivity index is 1.48. The van der Waals surface area contributed by atoms with Gasteiger partial charge in [0.05, 0.1) is 7.11 Å². The van der Waals surface area contributed by atoms with E-state index >= 15 is 0 Å². The van der Waals surface area contributed by atoms with Crippen molar-refractivity contribution in [3.8, 4) is 16.9 Å². The SMILES string of the molecule is COc1ccc(-c2cc(C)nc(C3CCN(C(=O)c4ccccn4)CC3)c2)cc1. The Labute approximate surface area is 171 Å². The number of rotatable bonds is 4. The number of likely N-dealkylation sites (tertiary alicyclic amines) is 1. The third-order valence-corrected chi connectivity index (χ3v) is 5.48. The second kappa shape index (κ2) is 8.43. The summed E-state index contributed by atoms with van der Waals surface area (Å²) < 4.78 is 5.26. The van der Waals surface area contributed by atoms with E-state index < -0.39 is 0 Å². The molecule has 1 aliphatic heterocycles. The molecule has 5 nitrogen and oxygen atoms in total. The molecule has 0 aliphatic carbocycles. The second-order valence-electron chi connectivity index (χ2n) is 7.43. The first-order chi connectivity index (χ1) is 14.1. The maximum atomic E-state index is 12.6. The molecule has 1 amide bonds. The monoisotopic (exact) mass is 387 g/mol. The number of aromatic nitrogens is 2. The quantitative estimate of drug-likeness (QED) is 0.662. The molecule has 0 unspecified atom stereocenters. The third kappa shape index (κ3) is 4.29. The highest BCUT2D eigenvalue weighted by atomic mass is 16.5. The lowest BCUT2D eigenvalue weighted by Crippen LogP contribution is -2.38. The standard InChI is InChI=1S/C24H25N3O2/c1-17-15-20(18-6-8-21(29-2)9-7-18)16-23(26-17)19-10-13-27(14-11-19)24(28)22-5-3-4-12-25-22/h3-9,12,15-16,19H,10-11,13-14H2,1-2H3. The first kappa shape index (κ1) is 19.1. The van der Waals surface area contributed by atoms with Crippen molar-refractivity contribution in [2.45, 2.75) is 25.7 Å². The highest BCUT2D eigenvalue weighted by Crippen LogP contribution is 2.31. The number of nitrogens with zero attached hydrogens (tertiary/aromatic N) is 3. The highest BCUT2D eigenvalue weighted by molar-refractivity contribution is 5.92. The van der Waals surface area contributed by atoms with Crippen molar-refractivity contribution >= 4 is 5.91 Å². The molecule has 2 aromatic heterocycles. The molecule has 148 valence electrons. The summed E-state index contributed by atoms with van der Waals surface area (Å²) in [7, 11) is 1.68. The van der Waals surface area contributed by atoms with Gasteiger partial charge in [0.1, 0.15) is 11.4 Å². The van der Waals surface area contributed by atoms with Crippen LogP contribution < -0.4 is 4.74 Å². The molecule has 5 heteroatoms. The average molecular weight is 387 g/mol.